The Balaban J connectivity index is 1.45. The summed E-state index contributed by atoms with van der Waals surface area (Å²) in [4.78, 5) is 15.7. The summed E-state index contributed by atoms with van der Waals surface area (Å²) >= 11 is 0. The van der Waals surface area contributed by atoms with Crippen LogP contribution in [0.25, 0.3) is 11.5 Å². The highest BCUT2D eigenvalue weighted by Gasteiger charge is 2.27. The van der Waals surface area contributed by atoms with E-state index in [4.69, 9.17) is 9.05 Å². The normalized spacial score (nSPS) is 17.6. The summed E-state index contributed by atoms with van der Waals surface area (Å²) in [5.41, 5.74) is 0.822. The molecule has 8 heteroatoms. The molecule has 1 fully saturated rings. The van der Waals surface area contributed by atoms with Crippen molar-refractivity contribution in [2.75, 3.05) is 18.0 Å². The van der Waals surface area contributed by atoms with Gasteiger partial charge in [-0.05, 0) is 37.8 Å². The SMILES string of the molecule is Cc1noc(-c2ccc(N3CCCC(c4nc(CC(C)C)no4)C3)nc2)n1. The number of piperidine rings is 1. The van der Waals surface area contributed by atoms with Gasteiger partial charge in [0.05, 0.1) is 11.5 Å². The minimum absolute atomic E-state index is 0.243. The third-order valence-corrected chi connectivity index (χ3v) is 4.69. The van der Waals surface area contributed by atoms with Crippen molar-refractivity contribution in [1.82, 2.24) is 25.3 Å². The van der Waals surface area contributed by atoms with Gasteiger partial charge in [0.25, 0.3) is 5.89 Å². The number of rotatable bonds is 5. The molecule has 4 heterocycles. The molecule has 3 aromatic heterocycles. The van der Waals surface area contributed by atoms with E-state index in [0.717, 1.165) is 55.4 Å². The van der Waals surface area contributed by atoms with Gasteiger partial charge < -0.3 is 13.9 Å². The maximum absolute atomic E-state index is 5.53. The molecule has 0 spiro atoms. The molecule has 1 saturated heterocycles. The van der Waals surface area contributed by atoms with Crippen LogP contribution in [0.5, 0.6) is 0 Å². The van der Waals surface area contributed by atoms with Crippen molar-refractivity contribution in [1.29, 1.82) is 0 Å². The van der Waals surface area contributed by atoms with Crippen molar-refractivity contribution in [3.63, 3.8) is 0 Å². The van der Waals surface area contributed by atoms with E-state index in [1.807, 2.05) is 12.1 Å². The van der Waals surface area contributed by atoms with Gasteiger partial charge in [0, 0.05) is 25.7 Å². The van der Waals surface area contributed by atoms with Crippen LogP contribution in [0.3, 0.4) is 0 Å². The van der Waals surface area contributed by atoms with Crippen molar-refractivity contribution in [3.05, 3.63) is 35.9 Å². The Morgan fingerprint density at radius 2 is 2.07 bits per heavy atom. The molecule has 0 aromatic carbocycles. The summed E-state index contributed by atoms with van der Waals surface area (Å²) in [5, 5.41) is 7.95. The second-order valence-corrected chi connectivity index (χ2v) is 7.48. The molecule has 142 valence electrons. The first-order valence-corrected chi connectivity index (χ1v) is 9.42. The molecule has 1 unspecified atom stereocenters. The summed E-state index contributed by atoms with van der Waals surface area (Å²) in [6, 6.07) is 3.96. The molecule has 0 N–H and O–H groups in total. The zero-order valence-corrected chi connectivity index (χ0v) is 15.9. The predicted octanol–water partition coefficient (Wildman–Crippen LogP) is 3.41. The fourth-order valence-electron chi connectivity index (χ4n) is 3.38. The fraction of sp³-hybridized carbons (Fsp3) is 0.526. The van der Waals surface area contributed by atoms with E-state index < -0.39 is 0 Å². The Kier molecular flexibility index (Phi) is 4.87. The van der Waals surface area contributed by atoms with Gasteiger partial charge in [-0.15, -0.1) is 0 Å². The average molecular weight is 368 g/mol. The van der Waals surface area contributed by atoms with Gasteiger partial charge in [-0.1, -0.05) is 24.2 Å². The van der Waals surface area contributed by atoms with Gasteiger partial charge in [0.15, 0.2) is 11.6 Å². The van der Waals surface area contributed by atoms with E-state index in [-0.39, 0.29) is 5.92 Å². The quantitative estimate of drug-likeness (QED) is 0.676. The van der Waals surface area contributed by atoms with Gasteiger partial charge in [-0.3, -0.25) is 0 Å². The zero-order valence-electron chi connectivity index (χ0n) is 15.9. The largest absolute Gasteiger partial charge is 0.356 e. The number of aryl methyl sites for hydroxylation is 1. The highest BCUT2D eigenvalue weighted by Crippen LogP contribution is 2.29. The zero-order chi connectivity index (χ0) is 18.8. The number of aromatic nitrogens is 5. The summed E-state index contributed by atoms with van der Waals surface area (Å²) in [6.45, 7) is 7.91. The molecule has 1 aliphatic heterocycles. The first-order chi connectivity index (χ1) is 13.1. The lowest BCUT2D eigenvalue weighted by atomic mass is 9.98. The Morgan fingerprint density at radius 1 is 1.19 bits per heavy atom. The number of anilines is 1. The third-order valence-electron chi connectivity index (χ3n) is 4.69. The van der Waals surface area contributed by atoms with E-state index in [2.05, 4.69) is 44.0 Å². The molecule has 0 bridgehead atoms. The lowest BCUT2D eigenvalue weighted by Crippen LogP contribution is -2.35. The molecule has 8 nitrogen and oxygen atoms in total. The topological polar surface area (TPSA) is 94.0 Å². The Bertz CT molecular complexity index is 886. The number of hydrogen-bond donors (Lipinski definition) is 0. The molecular weight excluding hydrogens is 344 g/mol. The molecule has 27 heavy (non-hydrogen) atoms. The smallest absolute Gasteiger partial charge is 0.259 e. The average Bonchev–Trinajstić information content (AvgIpc) is 3.31. The highest BCUT2D eigenvalue weighted by atomic mass is 16.5. The molecule has 0 saturated carbocycles. The van der Waals surface area contributed by atoms with Crippen LogP contribution in [-0.4, -0.2) is 38.4 Å². The van der Waals surface area contributed by atoms with Gasteiger partial charge in [-0.25, -0.2) is 4.98 Å². The van der Waals surface area contributed by atoms with E-state index in [9.17, 15) is 0 Å². The van der Waals surface area contributed by atoms with Crippen molar-refractivity contribution >= 4 is 5.82 Å². The Morgan fingerprint density at radius 3 is 2.78 bits per heavy atom. The van der Waals surface area contributed by atoms with Gasteiger partial charge >= 0.3 is 0 Å². The van der Waals surface area contributed by atoms with Crippen LogP contribution in [0.2, 0.25) is 0 Å². The van der Waals surface area contributed by atoms with E-state index in [0.29, 0.717) is 17.6 Å². The van der Waals surface area contributed by atoms with Crippen LogP contribution >= 0.6 is 0 Å². The number of nitrogens with zero attached hydrogens (tertiary/aromatic N) is 6. The lowest BCUT2D eigenvalue weighted by molar-refractivity contribution is 0.329. The monoisotopic (exact) mass is 368 g/mol. The standard InChI is InChI=1S/C19H24N6O2/c1-12(2)9-16-22-19(27-24-16)15-5-4-8-25(11-15)17-7-6-14(10-20-17)18-21-13(3)23-26-18/h6-7,10,12,15H,4-5,8-9,11H2,1-3H3. The van der Waals surface area contributed by atoms with Crippen LogP contribution in [0, 0.1) is 12.8 Å². The molecule has 0 amide bonds. The van der Waals surface area contributed by atoms with Crippen molar-refractivity contribution in [2.24, 2.45) is 5.92 Å². The van der Waals surface area contributed by atoms with E-state index in [1.54, 1.807) is 13.1 Å². The van der Waals surface area contributed by atoms with Crippen molar-refractivity contribution in [3.8, 4) is 11.5 Å². The maximum atomic E-state index is 5.53. The summed E-state index contributed by atoms with van der Waals surface area (Å²) in [7, 11) is 0. The first kappa shape index (κ1) is 17.6. The molecule has 0 radical (unpaired) electrons. The van der Waals surface area contributed by atoms with Crippen molar-refractivity contribution < 1.29 is 9.05 Å². The van der Waals surface area contributed by atoms with Gasteiger partial charge in [0.1, 0.15) is 5.82 Å². The minimum Gasteiger partial charge on any atom is -0.356 e. The molecular formula is C19H24N6O2. The van der Waals surface area contributed by atoms with Crippen LogP contribution in [0.4, 0.5) is 5.82 Å². The molecule has 3 aromatic rings. The second-order valence-electron chi connectivity index (χ2n) is 7.48. The Hall–Kier alpha value is -2.77. The Labute approximate surface area is 158 Å². The van der Waals surface area contributed by atoms with Crippen LogP contribution in [0.15, 0.2) is 27.4 Å². The van der Waals surface area contributed by atoms with E-state index in [1.165, 1.54) is 0 Å². The summed E-state index contributed by atoms with van der Waals surface area (Å²) < 4.78 is 10.7. The summed E-state index contributed by atoms with van der Waals surface area (Å²) in [6.07, 6.45) is 4.75. The maximum Gasteiger partial charge on any atom is 0.259 e. The molecule has 4 rings (SSSR count). The van der Waals surface area contributed by atoms with Crippen LogP contribution in [-0.2, 0) is 6.42 Å². The molecule has 0 aliphatic carbocycles. The highest BCUT2D eigenvalue weighted by molar-refractivity contribution is 5.54. The van der Waals surface area contributed by atoms with Crippen LogP contribution in [0.1, 0.15) is 50.1 Å². The van der Waals surface area contributed by atoms with Gasteiger partial charge in [-0.2, -0.15) is 9.97 Å². The number of hydrogen-bond acceptors (Lipinski definition) is 8. The summed E-state index contributed by atoms with van der Waals surface area (Å²) in [5.74, 6) is 4.34. The molecule has 1 atom stereocenters. The number of pyridine rings is 1. The van der Waals surface area contributed by atoms with Crippen molar-refractivity contribution in [2.45, 2.75) is 46.0 Å². The fourth-order valence-corrected chi connectivity index (χ4v) is 3.38. The first-order valence-electron chi connectivity index (χ1n) is 9.42. The predicted molar refractivity (Wildman–Crippen MR) is 99.3 cm³/mol. The second kappa shape index (κ2) is 7.46. The van der Waals surface area contributed by atoms with Gasteiger partial charge in [0.2, 0.25) is 5.89 Å². The van der Waals surface area contributed by atoms with E-state index >= 15 is 0 Å². The molecule has 1 aliphatic rings. The lowest BCUT2D eigenvalue weighted by Gasteiger charge is -2.31. The third kappa shape index (κ3) is 3.99. The minimum atomic E-state index is 0.243. The van der Waals surface area contributed by atoms with Crippen LogP contribution < -0.4 is 4.90 Å².